The molecule has 104 valence electrons. The molecule has 2 fully saturated rings. The van der Waals surface area contributed by atoms with Crippen molar-refractivity contribution in [3.05, 3.63) is 39.4 Å². The lowest BCUT2D eigenvalue weighted by Gasteiger charge is -2.17. The molecule has 0 radical (unpaired) electrons. The van der Waals surface area contributed by atoms with Crippen molar-refractivity contribution >= 4 is 23.1 Å². The summed E-state index contributed by atoms with van der Waals surface area (Å²) in [5, 5.41) is 0.742. The van der Waals surface area contributed by atoms with Gasteiger partial charge in [0.2, 0.25) is 0 Å². The summed E-state index contributed by atoms with van der Waals surface area (Å²) in [7, 11) is 0. The van der Waals surface area contributed by atoms with Crippen LogP contribution in [0.25, 0.3) is 10.9 Å². The third kappa shape index (κ3) is 2.12. The Labute approximate surface area is 122 Å². The zero-order valence-corrected chi connectivity index (χ0v) is 12.2. The van der Waals surface area contributed by atoms with Crippen LogP contribution < -0.4 is 5.56 Å². The molecule has 0 aliphatic heterocycles. The molecule has 0 amide bonds. The van der Waals surface area contributed by atoms with E-state index in [0.29, 0.717) is 10.7 Å². The Hall–Kier alpha value is -1.42. The number of aromatic amines is 1. The van der Waals surface area contributed by atoms with Gasteiger partial charge in [-0.05, 0) is 67.8 Å². The highest BCUT2D eigenvalue weighted by molar-refractivity contribution is 7.71. The molecule has 1 aromatic heterocycles. The van der Waals surface area contributed by atoms with Gasteiger partial charge in [-0.3, -0.25) is 9.36 Å². The van der Waals surface area contributed by atoms with Crippen LogP contribution >= 0.6 is 12.2 Å². The summed E-state index contributed by atoms with van der Waals surface area (Å²) in [5.74, 6) is 2.31. The smallest absolute Gasteiger partial charge is 0.262 e. The van der Waals surface area contributed by atoms with Gasteiger partial charge in [0.1, 0.15) is 0 Å². The summed E-state index contributed by atoms with van der Waals surface area (Å²) >= 11 is 5.41. The number of fused-ring (bicyclic) bond motifs is 1. The maximum atomic E-state index is 12.6. The highest BCUT2D eigenvalue weighted by Gasteiger charge is 2.41. The van der Waals surface area contributed by atoms with Crippen LogP contribution in [-0.4, -0.2) is 9.55 Å². The summed E-state index contributed by atoms with van der Waals surface area (Å²) in [5.41, 5.74) is 0.906. The predicted octanol–water partition coefficient (Wildman–Crippen LogP) is 3.50. The topological polar surface area (TPSA) is 37.8 Å². The molecule has 0 bridgehead atoms. The van der Waals surface area contributed by atoms with E-state index in [2.05, 4.69) is 4.98 Å². The number of benzene rings is 1. The van der Waals surface area contributed by atoms with E-state index in [0.717, 1.165) is 29.3 Å². The van der Waals surface area contributed by atoms with Crippen LogP contribution in [0.3, 0.4) is 0 Å². The van der Waals surface area contributed by atoms with Gasteiger partial charge in [-0.15, -0.1) is 0 Å². The van der Waals surface area contributed by atoms with E-state index in [4.69, 9.17) is 12.2 Å². The van der Waals surface area contributed by atoms with Crippen LogP contribution in [0.5, 0.6) is 0 Å². The standard InChI is InChI=1S/C16H18N2OS/c19-15-12-3-1-2-4-14(12)17-16(20)18(15)9-13(10-5-6-10)11-7-8-11/h1-4,10-11,13H,5-9H2,(H,17,20). The molecule has 1 heterocycles. The Morgan fingerprint density at radius 2 is 1.85 bits per heavy atom. The lowest BCUT2D eigenvalue weighted by molar-refractivity contribution is 0.342. The van der Waals surface area contributed by atoms with Crippen LogP contribution in [0.4, 0.5) is 0 Å². The highest BCUT2D eigenvalue weighted by atomic mass is 32.1. The third-order valence-electron chi connectivity index (χ3n) is 4.74. The number of aromatic nitrogens is 2. The first-order chi connectivity index (χ1) is 9.74. The largest absolute Gasteiger partial charge is 0.332 e. The number of hydrogen-bond donors (Lipinski definition) is 1. The number of para-hydroxylation sites is 1. The van der Waals surface area contributed by atoms with Gasteiger partial charge < -0.3 is 4.98 Å². The number of rotatable bonds is 4. The molecule has 0 spiro atoms. The van der Waals surface area contributed by atoms with E-state index in [9.17, 15) is 4.79 Å². The van der Waals surface area contributed by atoms with Crippen molar-refractivity contribution in [2.24, 2.45) is 17.8 Å². The average Bonchev–Trinajstić information content (AvgIpc) is 3.32. The van der Waals surface area contributed by atoms with E-state index in [-0.39, 0.29) is 5.56 Å². The van der Waals surface area contributed by atoms with Gasteiger partial charge in [-0.1, -0.05) is 12.1 Å². The highest BCUT2D eigenvalue weighted by Crippen LogP contribution is 2.49. The van der Waals surface area contributed by atoms with Crippen molar-refractivity contribution in [3.8, 4) is 0 Å². The second-order valence-corrected chi connectivity index (χ2v) is 6.62. The first kappa shape index (κ1) is 12.3. The number of H-pyrrole nitrogens is 1. The summed E-state index contributed by atoms with van der Waals surface area (Å²) in [6, 6.07) is 7.62. The van der Waals surface area contributed by atoms with Gasteiger partial charge in [0.15, 0.2) is 4.77 Å². The molecule has 2 aliphatic carbocycles. The van der Waals surface area contributed by atoms with E-state index in [1.165, 1.54) is 25.7 Å². The lowest BCUT2D eigenvalue weighted by atomic mass is 9.98. The lowest BCUT2D eigenvalue weighted by Crippen LogP contribution is -2.27. The minimum absolute atomic E-state index is 0.0654. The third-order valence-corrected chi connectivity index (χ3v) is 5.06. The van der Waals surface area contributed by atoms with E-state index in [1.54, 1.807) is 4.57 Å². The van der Waals surface area contributed by atoms with Gasteiger partial charge in [0, 0.05) is 6.54 Å². The Kier molecular flexibility index (Phi) is 2.81. The predicted molar refractivity (Wildman–Crippen MR) is 82.3 cm³/mol. The molecule has 2 aliphatic rings. The normalized spacial score (nSPS) is 18.9. The van der Waals surface area contributed by atoms with Crippen LogP contribution in [-0.2, 0) is 6.54 Å². The maximum absolute atomic E-state index is 12.6. The summed E-state index contributed by atoms with van der Waals surface area (Å²) in [6.07, 6.45) is 5.33. The summed E-state index contributed by atoms with van der Waals surface area (Å²) in [4.78, 5) is 15.8. The Balaban J connectivity index is 1.78. The fourth-order valence-corrected chi connectivity index (χ4v) is 3.57. The van der Waals surface area contributed by atoms with E-state index in [1.807, 2.05) is 24.3 Å². The second-order valence-electron chi connectivity index (χ2n) is 6.23. The minimum atomic E-state index is 0.0654. The average molecular weight is 286 g/mol. The summed E-state index contributed by atoms with van der Waals surface area (Å²) in [6.45, 7) is 0.800. The molecule has 4 heteroatoms. The van der Waals surface area contributed by atoms with Crippen molar-refractivity contribution < 1.29 is 0 Å². The van der Waals surface area contributed by atoms with Crippen molar-refractivity contribution in [2.45, 2.75) is 32.2 Å². The molecular weight excluding hydrogens is 268 g/mol. The number of nitrogens with one attached hydrogen (secondary N) is 1. The van der Waals surface area contributed by atoms with Gasteiger partial charge in [-0.25, -0.2) is 0 Å². The Morgan fingerprint density at radius 1 is 1.20 bits per heavy atom. The molecule has 20 heavy (non-hydrogen) atoms. The van der Waals surface area contributed by atoms with Gasteiger partial charge >= 0.3 is 0 Å². The maximum Gasteiger partial charge on any atom is 0.262 e. The zero-order valence-electron chi connectivity index (χ0n) is 11.3. The van der Waals surface area contributed by atoms with Gasteiger partial charge in [0.25, 0.3) is 5.56 Å². The molecule has 0 saturated heterocycles. The quantitative estimate of drug-likeness (QED) is 0.874. The molecular formula is C16H18N2OS. The Morgan fingerprint density at radius 3 is 2.50 bits per heavy atom. The molecule has 1 aromatic carbocycles. The van der Waals surface area contributed by atoms with Crippen LogP contribution in [0, 0.1) is 22.5 Å². The SMILES string of the molecule is O=c1c2ccccc2[nH]c(=S)n1CC(C1CC1)C1CC1. The van der Waals surface area contributed by atoms with Crippen molar-refractivity contribution in [2.75, 3.05) is 0 Å². The van der Waals surface area contributed by atoms with Crippen molar-refractivity contribution in [3.63, 3.8) is 0 Å². The minimum Gasteiger partial charge on any atom is -0.332 e. The molecule has 1 N–H and O–H groups in total. The monoisotopic (exact) mass is 286 g/mol. The van der Waals surface area contributed by atoms with E-state index >= 15 is 0 Å². The number of hydrogen-bond acceptors (Lipinski definition) is 2. The molecule has 4 rings (SSSR count). The van der Waals surface area contributed by atoms with Crippen molar-refractivity contribution in [1.82, 2.24) is 9.55 Å². The molecule has 0 unspecified atom stereocenters. The van der Waals surface area contributed by atoms with Gasteiger partial charge in [-0.2, -0.15) is 0 Å². The zero-order chi connectivity index (χ0) is 13.7. The first-order valence-electron chi connectivity index (χ1n) is 7.46. The Bertz CT molecular complexity index is 756. The molecule has 2 aromatic rings. The fourth-order valence-electron chi connectivity index (χ4n) is 3.31. The second kappa shape index (κ2) is 4.55. The summed E-state index contributed by atoms with van der Waals surface area (Å²) < 4.78 is 2.36. The number of nitrogens with zero attached hydrogens (tertiary/aromatic N) is 1. The molecule has 0 atom stereocenters. The fraction of sp³-hybridized carbons (Fsp3) is 0.500. The van der Waals surface area contributed by atoms with Crippen LogP contribution in [0.15, 0.2) is 29.1 Å². The van der Waals surface area contributed by atoms with Crippen LogP contribution in [0.1, 0.15) is 25.7 Å². The first-order valence-corrected chi connectivity index (χ1v) is 7.87. The van der Waals surface area contributed by atoms with Crippen LogP contribution in [0.2, 0.25) is 0 Å². The van der Waals surface area contributed by atoms with Gasteiger partial charge in [0.05, 0.1) is 10.9 Å². The van der Waals surface area contributed by atoms with E-state index < -0.39 is 0 Å². The van der Waals surface area contributed by atoms with Crippen molar-refractivity contribution in [1.29, 1.82) is 0 Å². The molecule has 3 nitrogen and oxygen atoms in total. The molecule has 2 saturated carbocycles.